The highest BCUT2D eigenvalue weighted by molar-refractivity contribution is 5.88. The summed E-state index contributed by atoms with van der Waals surface area (Å²) in [6.07, 6.45) is 1.53. The molecule has 0 unspecified atom stereocenters. The number of benzene rings is 2. The van der Waals surface area contributed by atoms with Crippen molar-refractivity contribution in [2.24, 2.45) is 0 Å². The fourth-order valence-corrected chi connectivity index (χ4v) is 3.63. The molecule has 0 bridgehead atoms. The lowest BCUT2D eigenvalue weighted by molar-refractivity contribution is 0.210. The summed E-state index contributed by atoms with van der Waals surface area (Å²) >= 11 is 0. The quantitative estimate of drug-likeness (QED) is 0.315. The molecule has 2 aromatic heterocycles. The minimum Gasteiger partial charge on any atom is -0.497 e. The van der Waals surface area contributed by atoms with Gasteiger partial charge in [0.1, 0.15) is 28.2 Å². The number of nitrogens with zero attached hydrogens (tertiary/aromatic N) is 4. The third-order valence-electron chi connectivity index (χ3n) is 5.45. The number of nitrogens with one attached hydrogen (secondary N) is 2. The Balaban J connectivity index is 1.75. The minimum absolute atomic E-state index is 0.355. The van der Waals surface area contributed by atoms with E-state index in [-0.39, 0.29) is 5.56 Å². The fourth-order valence-electron chi connectivity index (χ4n) is 3.63. The number of ether oxygens (including phenoxy) is 3. The molecule has 0 atom stereocenters. The van der Waals surface area contributed by atoms with Crippen molar-refractivity contribution in [3.8, 4) is 11.5 Å². The molecule has 0 fully saturated rings. The molecule has 10 nitrogen and oxygen atoms in total. The Morgan fingerprint density at radius 2 is 1.49 bits per heavy atom. The summed E-state index contributed by atoms with van der Waals surface area (Å²) in [4.78, 5) is 24.0. The van der Waals surface area contributed by atoms with Crippen LogP contribution in [0.5, 0.6) is 11.5 Å². The highest BCUT2D eigenvalue weighted by Gasteiger charge is 2.17. The second kappa shape index (κ2) is 11.3. The lowest BCUT2D eigenvalue weighted by Gasteiger charge is -2.24. The number of anilines is 2. The second-order valence-corrected chi connectivity index (χ2v) is 7.80. The van der Waals surface area contributed by atoms with Gasteiger partial charge >= 0.3 is 0 Å². The van der Waals surface area contributed by atoms with Gasteiger partial charge in [0.15, 0.2) is 0 Å². The predicted molar refractivity (Wildman–Crippen MR) is 134 cm³/mol. The molecule has 0 saturated heterocycles. The van der Waals surface area contributed by atoms with Crippen LogP contribution in [0.4, 0.5) is 11.8 Å². The zero-order valence-electron chi connectivity index (χ0n) is 19.9. The summed E-state index contributed by atoms with van der Waals surface area (Å²) in [5, 5.41) is 9.95. The van der Waals surface area contributed by atoms with Gasteiger partial charge < -0.3 is 24.4 Å². The van der Waals surface area contributed by atoms with Crippen LogP contribution in [0.1, 0.15) is 11.1 Å². The Kier molecular flexibility index (Phi) is 7.74. The van der Waals surface area contributed by atoms with Crippen molar-refractivity contribution >= 4 is 22.7 Å². The molecule has 0 aliphatic rings. The number of H-pyrrole nitrogens is 1. The summed E-state index contributed by atoms with van der Waals surface area (Å²) in [5.74, 6) is 2.47. The predicted octanol–water partition coefficient (Wildman–Crippen LogP) is 3.00. The smallest absolute Gasteiger partial charge is 0.277 e. The van der Waals surface area contributed by atoms with Crippen molar-refractivity contribution in [2.45, 2.75) is 13.1 Å². The van der Waals surface area contributed by atoms with Crippen molar-refractivity contribution in [1.29, 1.82) is 0 Å². The van der Waals surface area contributed by atoms with Gasteiger partial charge in [-0.25, -0.2) is 10.1 Å². The number of aromatic amines is 1. The summed E-state index contributed by atoms with van der Waals surface area (Å²) in [6.45, 7) is 2.03. The molecule has 182 valence electrons. The first-order valence-corrected chi connectivity index (χ1v) is 11.1. The van der Waals surface area contributed by atoms with Crippen molar-refractivity contribution < 1.29 is 14.2 Å². The highest BCUT2D eigenvalue weighted by Crippen LogP contribution is 2.24. The van der Waals surface area contributed by atoms with Crippen LogP contribution in [-0.2, 0) is 17.8 Å². The standard InChI is InChI=1S/C25H28N6O4/c1-33-13-12-26-23-22-21(14-27-30-24(22)32)28-25(29-23)31(15-17-4-8-19(34-2)9-5-17)16-18-6-10-20(35-3)11-7-18/h4-11,14H,12-13,15-16H2,1-3H3,(H,30,32)(H,26,28,29). The van der Waals surface area contributed by atoms with E-state index in [1.54, 1.807) is 21.3 Å². The van der Waals surface area contributed by atoms with Gasteiger partial charge in [0, 0.05) is 26.7 Å². The number of aromatic nitrogens is 4. The molecule has 2 heterocycles. The van der Waals surface area contributed by atoms with E-state index < -0.39 is 0 Å². The Hall–Kier alpha value is -4.18. The zero-order valence-corrected chi connectivity index (χ0v) is 19.9. The number of rotatable bonds is 11. The number of fused-ring (bicyclic) bond motifs is 1. The Bertz CT molecular complexity index is 1260. The van der Waals surface area contributed by atoms with E-state index in [1.807, 2.05) is 53.4 Å². The SMILES string of the molecule is COCCNc1nc(N(Cc2ccc(OC)cc2)Cc2ccc(OC)cc2)nc2cn[nH]c(=O)c12. The molecular weight excluding hydrogens is 448 g/mol. The average Bonchev–Trinajstić information content (AvgIpc) is 2.89. The molecule has 0 spiro atoms. The molecule has 0 saturated carbocycles. The normalized spacial score (nSPS) is 10.8. The molecule has 0 radical (unpaired) electrons. The lowest BCUT2D eigenvalue weighted by Crippen LogP contribution is -2.26. The van der Waals surface area contributed by atoms with Gasteiger partial charge in [0.25, 0.3) is 5.56 Å². The topological polar surface area (TPSA) is 114 Å². The fraction of sp³-hybridized carbons (Fsp3) is 0.280. The molecule has 2 aromatic carbocycles. The molecule has 4 rings (SSSR count). The van der Waals surface area contributed by atoms with E-state index >= 15 is 0 Å². The first-order valence-electron chi connectivity index (χ1n) is 11.1. The van der Waals surface area contributed by atoms with Crippen molar-refractivity contribution in [3.63, 3.8) is 0 Å². The van der Waals surface area contributed by atoms with Gasteiger partial charge in [-0.05, 0) is 35.4 Å². The average molecular weight is 477 g/mol. The maximum absolute atomic E-state index is 12.5. The first-order chi connectivity index (χ1) is 17.1. The molecule has 0 aliphatic heterocycles. The van der Waals surface area contributed by atoms with Crippen molar-refractivity contribution in [3.05, 3.63) is 76.2 Å². The minimum atomic E-state index is -0.356. The van der Waals surface area contributed by atoms with Gasteiger partial charge in [-0.15, -0.1) is 0 Å². The molecule has 10 heteroatoms. The summed E-state index contributed by atoms with van der Waals surface area (Å²) < 4.78 is 15.7. The van der Waals surface area contributed by atoms with Gasteiger partial charge in [0.05, 0.1) is 27.0 Å². The highest BCUT2D eigenvalue weighted by atomic mass is 16.5. The van der Waals surface area contributed by atoms with Crippen LogP contribution >= 0.6 is 0 Å². The Morgan fingerprint density at radius 3 is 2.03 bits per heavy atom. The number of methoxy groups -OCH3 is 3. The third kappa shape index (κ3) is 5.85. The van der Waals surface area contributed by atoms with Crippen LogP contribution in [0, 0.1) is 0 Å². The zero-order chi connectivity index (χ0) is 24.6. The van der Waals surface area contributed by atoms with Crippen LogP contribution in [0.25, 0.3) is 10.9 Å². The maximum atomic E-state index is 12.5. The van der Waals surface area contributed by atoms with Gasteiger partial charge in [-0.2, -0.15) is 10.1 Å². The molecule has 35 heavy (non-hydrogen) atoms. The summed E-state index contributed by atoms with van der Waals surface area (Å²) in [6, 6.07) is 15.7. The van der Waals surface area contributed by atoms with E-state index in [0.717, 1.165) is 22.6 Å². The van der Waals surface area contributed by atoms with Crippen molar-refractivity contribution in [2.75, 3.05) is 44.7 Å². The van der Waals surface area contributed by atoms with Crippen LogP contribution in [0.15, 0.2) is 59.5 Å². The molecule has 2 N–H and O–H groups in total. The first kappa shape index (κ1) is 24.0. The lowest BCUT2D eigenvalue weighted by atomic mass is 10.1. The van der Waals surface area contributed by atoms with E-state index in [2.05, 4.69) is 15.5 Å². The van der Waals surface area contributed by atoms with Gasteiger partial charge in [-0.3, -0.25) is 4.79 Å². The largest absolute Gasteiger partial charge is 0.497 e. The van der Waals surface area contributed by atoms with Gasteiger partial charge in [0.2, 0.25) is 5.95 Å². The monoisotopic (exact) mass is 476 g/mol. The maximum Gasteiger partial charge on any atom is 0.277 e. The number of hydrogen-bond acceptors (Lipinski definition) is 9. The van der Waals surface area contributed by atoms with E-state index in [9.17, 15) is 4.79 Å². The molecular formula is C25H28N6O4. The van der Waals surface area contributed by atoms with Crippen LogP contribution in [0.3, 0.4) is 0 Å². The molecule has 4 aromatic rings. The van der Waals surface area contributed by atoms with E-state index in [0.29, 0.717) is 48.9 Å². The number of hydrogen-bond donors (Lipinski definition) is 2. The van der Waals surface area contributed by atoms with E-state index in [4.69, 9.17) is 24.2 Å². The third-order valence-corrected chi connectivity index (χ3v) is 5.45. The molecule has 0 amide bonds. The van der Waals surface area contributed by atoms with Crippen molar-refractivity contribution in [1.82, 2.24) is 20.2 Å². The summed E-state index contributed by atoms with van der Waals surface area (Å²) in [5.41, 5.74) is 2.21. The second-order valence-electron chi connectivity index (χ2n) is 7.80. The van der Waals surface area contributed by atoms with E-state index in [1.165, 1.54) is 6.20 Å². The van der Waals surface area contributed by atoms with Crippen LogP contribution in [-0.4, -0.2) is 54.6 Å². The Morgan fingerprint density at radius 1 is 0.886 bits per heavy atom. The van der Waals surface area contributed by atoms with Crippen LogP contribution in [0.2, 0.25) is 0 Å². The van der Waals surface area contributed by atoms with Crippen LogP contribution < -0.4 is 25.2 Å². The molecule has 0 aliphatic carbocycles. The Labute approximate surface area is 202 Å². The van der Waals surface area contributed by atoms with Gasteiger partial charge in [-0.1, -0.05) is 24.3 Å². The summed E-state index contributed by atoms with van der Waals surface area (Å²) in [7, 11) is 4.90.